The van der Waals surface area contributed by atoms with Crippen molar-refractivity contribution < 1.29 is 0 Å². The number of nitrogens with two attached hydrogens (primary N) is 1. The summed E-state index contributed by atoms with van der Waals surface area (Å²) in [6.45, 7) is 5.33. The van der Waals surface area contributed by atoms with Crippen molar-refractivity contribution in [3.63, 3.8) is 0 Å². The van der Waals surface area contributed by atoms with Crippen molar-refractivity contribution in [2.24, 2.45) is 5.73 Å². The van der Waals surface area contributed by atoms with Crippen molar-refractivity contribution in [2.75, 3.05) is 32.4 Å². The van der Waals surface area contributed by atoms with Gasteiger partial charge >= 0.3 is 0 Å². The van der Waals surface area contributed by atoms with Crippen LogP contribution < -0.4 is 11.1 Å². The topological polar surface area (TPSA) is 41.3 Å². The molecule has 2 rings (SSSR count). The summed E-state index contributed by atoms with van der Waals surface area (Å²) in [6.07, 6.45) is 0. The molecule has 0 radical (unpaired) electrons. The molecular formula is C14H23N3S. The average Bonchev–Trinajstić information content (AvgIpc) is 2.39. The highest BCUT2D eigenvalue weighted by Gasteiger charge is 2.23. The van der Waals surface area contributed by atoms with Crippen LogP contribution in [0.4, 0.5) is 0 Å². The van der Waals surface area contributed by atoms with Gasteiger partial charge in [-0.2, -0.15) is 0 Å². The molecule has 0 saturated carbocycles. The molecule has 0 spiro atoms. The average molecular weight is 265 g/mol. The molecule has 1 saturated heterocycles. The Bertz CT molecular complexity index is 366. The van der Waals surface area contributed by atoms with Crippen LogP contribution in [0.5, 0.6) is 0 Å². The maximum Gasteiger partial charge on any atom is 0.0463 e. The lowest BCUT2D eigenvalue weighted by atomic mass is 9.98. The van der Waals surface area contributed by atoms with E-state index < -0.39 is 0 Å². The molecule has 100 valence electrons. The summed E-state index contributed by atoms with van der Waals surface area (Å²) >= 11 is 1.87. The molecule has 4 heteroatoms. The van der Waals surface area contributed by atoms with E-state index in [9.17, 15) is 0 Å². The number of likely N-dealkylation sites (N-methyl/N-ethyl adjacent to an activating group) is 1. The largest absolute Gasteiger partial charge is 0.323 e. The first kappa shape index (κ1) is 13.9. The monoisotopic (exact) mass is 265 g/mol. The zero-order valence-corrected chi connectivity index (χ0v) is 12.0. The minimum absolute atomic E-state index is 0.0772. The Hall–Kier alpha value is -0.550. The highest BCUT2D eigenvalue weighted by molar-refractivity contribution is 7.99. The Morgan fingerprint density at radius 2 is 2.17 bits per heavy atom. The van der Waals surface area contributed by atoms with Gasteiger partial charge in [0.2, 0.25) is 0 Å². The molecule has 1 aliphatic heterocycles. The smallest absolute Gasteiger partial charge is 0.0463 e. The molecule has 1 aromatic rings. The van der Waals surface area contributed by atoms with Crippen molar-refractivity contribution in [1.82, 2.24) is 10.2 Å². The normalized spacial score (nSPS) is 22.9. The van der Waals surface area contributed by atoms with Crippen LogP contribution in [0.25, 0.3) is 0 Å². The van der Waals surface area contributed by atoms with Gasteiger partial charge in [0, 0.05) is 36.6 Å². The van der Waals surface area contributed by atoms with Gasteiger partial charge in [0.1, 0.15) is 0 Å². The maximum atomic E-state index is 6.36. The molecule has 3 N–H and O–H groups in total. The van der Waals surface area contributed by atoms with Crippen LogP contribution in [0.2, 0.25) is 0 Å². The summed E-state index contributed by atoms with van der Waals surface area (Å²) in [4.78, 5) is 3.66. The minimum Gasteiger partial charge on any atom is -0.323 e. The Labute approximate surface area is 114 Å². The van der Waals surface area contributed by atoms with Gasteiger partial charge in [-0.25, -0.2) is 0 Å². The number of rotatable bonds is 4. The van der Waals surface area contributed by atoms with E-state index in [1.165, 1.54) is 10.5 Å². The number of hydrogen-bond acceptors (Lipinski definition) is 4. The summed E-state index contributed by atoms with van der Waals surface area (Å²) < 4.78 is 0. The van der Waals surface area contributed by atoms with Gasteiger partial charge in [-0.1, -0.05) is 19.1 Å². The lowest BCUT2D eigenvalue weighted by Gasteiger charge is -2.34. The molecule has 1 aromatic carbocycles. The van der Waals surface area contributed by atoms with Crippen molar-refractivity contribution >= 4 is 11.8 Å². The quantitative estimate of drug-likeness (QED) is 0.813. The highest BCUT2D eigenvalue weighted by atomic mass is 32.2. The first-order chi connectivity index (χ1) is 8.70. The van der Waals surface area contributed by atoms with Crippen molar-refractivity contribution in [3.8, 4) is 0 Å². The number of thioether (sulfide) groups is 1. The molecule has 2 atom stereocenters. The molecule has 0 amide bonds. The number of benzene rings is 1. The standard InChI is InChI=1S/C14H23N3S/c1-3-18-12-6-4-11(5-7-12)14(15)13-10-17(2)9-8-16-13/h4-7,13-14,16H,3,8-10,15H2,1-2H3. The second-order valence-electron chi connectivity index (χ2n) is 4.85. The van der Waals surface area contributed by atoms with E-state index >= 15 is 0 Å². The van der Waals surface area contributed by atoms with Crippen LogP contribution in [0.15, 0.2) is 29.2 Å². The van der Waals surface area contributed by atoms with E-state index in [4.69, 9.17) is 5.73 Å². The fourth-order valence-electron chi connectivity index (χ4n) is 2.36. The molecule has 2 unspecified atom stereocenters. The highest BCUT2D eigenvalue weighted by Crippen LogP contribution is 2.22. The van der Waals surface area contributed by atoms with Gasteiger partial charge in [-0.3, -0.25) is 0 Å². The molecule has 1 heterocycles. The Kier molecular flexibility index (Phi) is 5.06. The Morgan fingerprint density at radius 1 is 1.44 bits per heavy atom. The van der Waals surface area contributed by atoms with Crippen LogP contribution in [0.3, 0.4) is 0 Å². The summed E-state index contributed by atoms with van der Waals surface area (Å²) in [6, 6.07) is 9.12. The fourth-order valence-corrected chi connectivity index (χ4v) is 3.02. The van der Waals surface area contributed by atoms with E-state index in [1.54, 1.807) is 0 Å². The van der Waals surface area contributed by atoms with Gasteiger partial charge in [-0.15, -0.1) is 11.8 Å². The SMILES string of the molecule is CCSc1ccc(C(N)C2CN(C)CCN2)cc1. The second-order valence-corrected chi connectivity index (χ2v) is 6.19. The summed E-state index contributed by atoms with van der Waals surface area (Å²) in [5, 5.41) is 3.52. The van der Waals surface area contributed by atoms with E-state index in [0.717, 1.165) is 25.4 Å². The first-order valence-electron chi connectivity index (χ1n) is 6.61. The van der Waals surface area contributed by atoms with Crippen LogP contribution in [-0.2, 0) is 0 Å². The molecule has 18 heavy (non-hydrogen) atoms. The molecule has 0 aromatic heterocycles. The van der Waals surface area contributed by atoms with Crippen LogP contribution in [-0.4, -0.2) is 43.4 Å². The van der Waals surface area contributed by atoms with E-state index in [2.05, 4.69) is 48.5 Å². The summed E-state index contributed by atoms with van der Waals surface area (Å²) in [5.41, 5.74) is 7.59. The third-order valence-electron chi connectivity index (χ3n) is 3.42. The van der Waals surface area contributed by atoms with Gasteiger partial charge in [-0.05, 0) is 30.5 Å². The Morgan fingerprint density at radius 3 is 2.78 bits per heavy atom. The summed E-state index contributed by atoms with van der Waals surface area (Å²) in [5.74, 6) is 1.11. The van der Waals surface area contributed by atoms with E-state index in [-0.39, 0.29) is 6.04 Å². The molecule has 0 bridgehead atoms. The minimum atomic E-state index is 0.0772. The first-order valence-corrected chi connectivity index (χ1v) is 7.59. The lowest BCUT2D eigenvalue weighted by Crippen LogP contribution is -2.53. The van der Waals surface area contributed by atoms with Gasteiger partial charge in [0.25, 0.3) is 0 Å². The third kappa shape index (κ3) is 3.48. The molecular weight excluding hydrogens is 242 g/mol. The lowest BCUT2D eigenvalue weighted by molar-refractivity contribution is 0.220. The predicted octanol–water partition coefficient (Wildman–Crippen LogP) is 1.70. The number of piperazine rings is 1. The van der Waals surface area contributed by atoms with Gasteiger partial charge in [0.15, 0.2) is 0 Å². The number of nitrogens with one attached hydrogen (secondary N) is 1. The number of hydrogen-bond donors (Lipinski definition) is 2. The fraction of sp³-hybridized carbons (Fsp3) is 0.571. The van der Waals surface area contributed by atoms with Crippen LogP contribution >= 0.6 is 11.8 Å². The van der Waals surface area contributed by atoms with Crippen LogP contribution in [0.1, 0.15) is 18.5 Å². The third-order valence-corrected chi connectivity index (χ3v) is 4.31. The Balaban J connectivity index is 2.01. The number of nitrogens with zero attached hydrogens (tertiary/aromatic N) is 1. The molecule has 0 aliphatic carbocycles. The predicted molar refractivity (Wildman–Crippen MR) is 79.1 cm³/mol. The second kappa shape index (κ2) is 6.57. The van der Waals surface area contributed by atoms with Crippen LogP contribution in [0, 0.1) is 0 Å². The maximum absolute atomic E-state index is 6.36. The molecule has 1 fully saturated rings. The van der Waals surface area contributed by atoms with Gasteiger partial charge < -0.3 is 16.0 Å². The summed E-state index contributed by atoms with van der Waals surface area (Å²) in [7, 11) is 2.15. The van der Waals surface area contributed by atoms with Crippen molar-refractivity contribution in [2.45, 2.75) is 23.9 Å². The molecule has 1 aliphatic rings. The van der Waals surface area contributed by atoms with Gasteiger partial charge in [0.05, 0.1) is 0 Å². The zero-order chi connectivity index (χ0) is 13.0. The molecule has 3 nitrogen and oxygen atoms in total. The van der Waals surface area contributed by atoms with Crippen molar-refractivity contribution in [3.05, 3.63) is 29.8 Å². The van der Waals surface area contributed by atoms with Crippen molar-refractivity contribution in [1.29, 1.82) is 0 Å². The van der Waals surface area contributed by atoms with E-state index in [1.807, 2.05) is 11.8 Å². The van der Waals surface area contributed by atoms with E-state index in [0.29, 0.717) is 6.04 Å². The zero-order valence-electron chi connectivity index (χ0n) is 11.2.